The number of rotatable bonds is 12. The largest absolute Gasteiger partial charge is 0.490 e. The van der Waals surface area contributed by atoms with E-state index < -0.39 is 29.2 Å². The van der Waals surface area contributed by atoms with E-state index in [1.54, 1.807) is 44.2 Å². The molecule has 2 aromatic rings. The Labute approximate surface area is 247 Å². The number of nitrogens with one attached hydrogen (secondary N) is 3. The van der Waals surface area contributed by atoms with Crippen molar-refractivity contribution in [1.29, 1.82) is 0 Å². The van der Waals surface area contributed by atoms with Gasteiger partial charge in [0.25, 0.3) is 5.69 Å². The Bertz CT molecular complexity index is 1410. The van der Waals surface area contributed by atoms with Gasteiger partial charge in [-0.25, -0.2) is 9.59 Å². The minimum Gasteiger partial charge on any atom is -0.490 e. The molecular weight excluding hydrogens is 564 g/mol. The third-order valence-corrected chi connectivity index (χ3v) is 6.68. The Balaban J connectivity index is 1.44. The number of aliphatic hydroxyl groups is 1. The molecule has 2 aliphatic heterocycles. The molecule has 2 aliphatic rings. The number of allylic oxidation sites excluding steroid dienone is 1. The maximum atomic E-state index is 12.4. The summed E-state index contributed by atoms with van der Waals surface area (Å²) in [6.45, 7) is 5.92. The Hall–Kier alpha value is -4.89. The molecule has 0 radical (unpaired) electrons. The highest BCUT2D eigenvalue weighted by atomic mass is 16.6. The summed E-state index contributed by atoms with van der Waals surface area (Å²) in [5.41, 5.74) is 4.61. The van der Waals surface area contributed by atoms with E-state index in [0.29, 0.717) is 55.7 Å². The number of amides is 2. The zero-order valence-electron chi connectivity index (χ0n) is 24.0. The average Bonchev–Trinajstić information content (AvgIpc) is 3.00. The van der Waals surface area contributed by atoms with E-state index >= 15 is 0 Å². The molecule has 4 rings (SSSR count). The van der Waals surface area contributed by atoms with Gasteiger partial charge >= 0.3 is 12.0 Å². The zero-order valence-corrected chi connectivity index (χ0v) is 24.0. The number of morpholine rings is 1. The van der Waals surface area contributed by atoms with Crippen molar-refractivity contribution in [3.05, 3.63) is 68.9 Å². The maximum absolute atomic E-state index is 12.4. The summed E-state index contributed by atoms with van der Waals surface area (Å²) >= 11 is 0. The van der Waals surface area contributed by atoms with Crippen molar-refractivity contribution in [2.45, 2.75) is 26.1 Å². The van der Waals surface area contributed by atoms with Crippen LogP contribution in [0.2, 0.25) is 0 Å². The monoisotopic (exact) mass is 598 g/mol. The van der Waals surface area contributed by atoms with Crippen molar-refractivity contribution < 1.29 is 38.6 Å². The number of benzene rings is 2. The normalized spacial score (nSPS) is 17.6. The van der Waals surface area contributed by atoms with Crippen molar-refractivity contribution in [2.75, 3.05) is 51.5 Å². The molecule has 15 heteroatoms. The van der Waals surface area contributed by atoms with Crippen molar-refractivity contribution in [2.24, 2.45) is 5.10 Å². The van der Waals surface area contributed by atoms with E-state index in [4.69, 9.17) is 18.9 Å². The highest BCUT2D eigenvalue weighted by Crippen LogP contribution is 2.35. The fraction of sp³-hybridized carbons (Fsp3) is 0.393. The number of esters is 1. The fourth-order valence-electron chi connectivity index (χ4n) is 4.64. The zero-order chi connectivity index (χ0) is 30.9. The van der Waals surface area contributed by atoms with Crippen LogP contribution in [0.15, 0.2) is 52.8 Å². The molecule has 0 aromatic heterocycles. The van der Waals surface area contributed by atoms with Crippen molar-refractivity contribution in [3.63, 3.8) is 0 Å². The minimum absolute atomic E-state index is 0.125. The number of hydrogen-bond acceptors (Lipinski definition) is 12. The van der Waals surface area contributed by atoms with Crippen LogP contribution < -0.4 is 30.4 Å². The van der Waals surface area contributed by atoms with E-state index in [1.807, 2.05) is 0 Å². The summed E-state index contributed by atoms with van der Waals surface area (Å²) in [7, 11) is 1.26. The third kappa shape index (κ3) is 7.69. The molecule has 0 bridgehead atoms. The summed E-state index contributed by atoms with van der Waals surface area (Å²) in [6.07, 6.45) is 0.0000656. The second-order valence-corrected chi connectivity index (χ2v) is 9.51. The molecule has 0 unspecified atom stereocenters. The first-order valence-corrected chi connectivity index (χ1v) is 13.6. The molecule has 43 heavy (non-hydrogen) atoms. The number of ether oxygens (including phenoxy) is 4. The van der Waals surface area contributed by atoms with Crippen LogP contribution in [-0.4, -0.2) is 81.1 Å². The quantitative estimate of drug-likeness (QED) is 0.0920. The lowest BCUT2D eigenvalue weighted by molar-refractivity contribution is -0.385. The SMILES string of the molecule is CCOc1cc([C@@H]2NC(=O)NC(C)=C2C(=O)OC)ccc1OC[C@@H](O)N/N=C\c1cc(N2CCOCC2)ccc1[N+](=O)[O-]. The van der Waals surface area contributed by atoms with Crippen molar-refractivity contribution >= 4 is 29.6 Å². The lowest BCUT2D eigenvalue weighted by Crippen LogP contribution is -2.45. The summed E-state index contributed by atoms with van der Waals surface area (Å²) < 4.78 is 21.7. The molecule has 2 amide bonds. The van der Waals surface area contributed by atoms with Crippen LogP contribution in [0.1, 0.15) is 31.0 Å². The number of methoxy groups -OCH3 is 1. The first-order valence-electron chi connectivity index (χ1n) is 13.6. The number of anilines is 1. The second-order valence-electron chi connectivity index (χ2n) is 9.51. The number of hydrazone groups is 1. The summed E-state index contributed by atoms with van der Waals surface area (Å²) in [5, 5.41) is 31.2. The average molecular weight is 599 g/mol. The number of nitro benzene ring substituents is 1. The van der Waals surface area contributed by atoms with Gasteiger partial charge in [0.15, 0.2) is 17.7 Å². The van der Waals surface area contributed by atoms with Crippen LogP contribution in [0.3, 0.4) is 0 Å². The van der Waals surface area contributed by atoms with Crippen molar-refractivity contribution in [1.82, 2.24) is 16.1 Å². The van der Waals surface area contributed by atoms with Gasteiger partial charge in [0.1, 0.15) is 6.61 Å². The predicted octanol–water partition coefficient (Wildman–Crippen LogP) is 1.95. The smallest absolute Gasteiger partial charge is 0.337 e. The van der Waals surface area contributed by atoms with Gasteiger partial charge in [-0.1, -0.05) is 6.07 Å². The predicted molar refractivity (Wildman–Crippen MR) is 155 cm³/mol. The molecule has 15 nitrogen and oxygen atoms in total. The lowest BCUT2D eigenvalue weighted by Gasteiger charge is -2.28. The van der Waals surface area contributed by atoms with Gasteiger partial charge < -0.3 is 39.6 Å². The molecule has 2 aromatic carbocycles. The molecule has 4 N–H and O–H groups in total. The van der Waals surface area contributed by atoms with Gasteiger partial charge in [-0.05, 0) is 43.7 Å². The van der Waals surface area contributed by atoms with Gasteiger partial charge in [0.05, 0.1) is 55.2 Å². The molecule has 0 saturated carbocycles. The standard InChI is InChI=1S/C28H34N6O9/c1-4-42-23-14-18(26-25(27(36)40-3)17(2)30-28(37)31-26)5-8-22(23)43-16-24(35)32-29-15-19-13-20(6-7-21(19)34(38)39)33-9-11-41-12-10-33/h5-8,13-15,24,26,32,35H,4,9-12,16H2,1-3H3,(H2,30,31,37)/b29-15-/t24-,26+/m1/s1. The third-order valence-electron chi connectivity index (χ3n) is 6.68. The van der Waals surface area contributed by atoms with E-state index in [2.05, 4.69) is 26.1 Å². The topological polar surface area (TPSA) is 186 Å². The van der Waals surface area contributed by atoms with Crippen LogP contribution in [0, 0.1) is 10.1 Å². The van der Waals surface area contributed by atoms with Crippen LogP contribution in [0.25, 0.3) is 0 Å². The van der Waals surface area contributed by atoms with Gasteiger partial charge in [0, 0.05) is 30.5 Å². The Kier molecular flexibility index (Phi) is 10.3. The van der Waals surface area contributed by atoms with Crippen LogP contribution in [0.5, 0.6) is 11.5 Å². The molecule has 0 aliphatic carbocycles. The van der Waals surface area contributed by atoms with E-state index in [-0.39, 0.29) is 23.4 Å². The highest BCUT2D eigenvalue weighted by Gasteiger charge is 2.32. The molecule has 1 fully saturated rings. The van der Waals surface area contributed by atoms with Gasteiger partial charge in [-0.15, -0.1) is 0 Å². The number of hydrogen-bond donors (Lipinski definition) is 4. The Morgan fingerprint density at radius 1 is 1.26 bits per heavy atom. The lowest BCUT2D eigenvalue weighted by atomic mass is 9.95. The second kappa shape index (κ2) is 14.3. The molecule has 2 heterocycles. The van der Waals surface area contributed by atoms with E-state index in [1.165, 1.54) is 19.4 Å². The minimum atomic E-state index is -1.27. The number of aliphatic hydroxyl groups excluding tert-OH is 1. The molecule has 1 saturated heterocycles. The van der Waals surface area contributed by atoms with Gasteiger partial charge in [-0.3, -0.25) is 15.5 Å². The van der Waals surface area contributed by atoms with Gasteiger partial charge in [-0.2, -0.15) is 5.10 Å². The number of nitrogens with zero attached hydrogens (tertiary/aromatic N) is 3. The summed E-state index contributed by atoms with van der Waals surface area (Å²) in [4.78, 5) is 37.7. The number of urea groups is 1. The van der Waals surface area contributed by atoms with E-state index in [0.717, 1.165) is 5.69 Å². The van der Waals surface area contributed by atoms with Crippen LogP contribution in [0.4, 0.5) is 16.2 Å². The van der Waals surface area contributed by atoms with Crippen molar-refractivity contribution in [3.8, 4) is 11.5 Å². The van der Waals surface area contributed by atoms with Crippen LogP contribution >= 0.6 is 0 Å². The Morgan fingerprint density at radius 2 is 2.02 bits per heavy atom. The first kappa shape index (κ1) is 31.1. The van der Waals surface area contributed by atoms with Crippen LogP contribution in [-0.2, 0) is 14.3 Å². The van der Waals surface area contributed by atoms with Gasteiger partial charge in [0.2, 0.25) is 0 Å². The highest BCUT2D eigenvalue weighted by molar-refractivity contribution is 5.95. The molecule has 230 valence electrons. The first-order chi connectivity index (χ1) is 20.7. The number of carbonyl (C=O) groups excluding carboxylic acids is 2. The molecule has 2 atom stereocenters. The summed E-state index contributed by atoms with van der Waals surface area (Å²) in [5.74, 6) is 0.0203. The molecular formula is C28H34N6O9. The number of nitro groups is 1. The maximum Gasteiger partial charge on any atom is 0.337 e. The summed E-state index contributed by atoms with van der Waals surface area (Å²) in [6, 6.07) is 8.39. The Morgan fingerprint density at radius 3 is 2.72 bits per heavy atom. The molecule has 0 spiro atoms. The number of carbonyl (C=O) groups is 2. The van der Waals surface area contributed by atoms with E-state index in [9.17, 15) is 24.8 Å². The fourth-order valence-corrected chi connectivity index (χ4v) is 4.64.